The fourth-order valence-corrected chi connectivity index (χ4v) is 7.08. The van der Waals surface area contributed by atoms with Crippen LogP contribution in [0.5, 0.6) is 0 Å². The van der Waals surface area contributed by atoms with Crippen LogP contribution in [0.2, 0.25) is 0 Å². The zero-order valence-electron chi connectivity index (χ0n) is 54.1. The van der Waals surface area contributed by atoms with Crippen molar-refractivity contribution in [2.45, 2.75) is 240 Å². The fraction of sp³-hybridized carbons (Fsp3) is 0.500. The molecule has 0 aliphatic rings. The van der Waals surface area contributed by atoms with Crippen molar-refractivity contribution in [1.29, 1.82) is 0 Å². The summed E-state index contributed by atoms with van der Waals surface area (Å²) in [6.07, 6.45) is 0. The minimum Gasteiger partial charge on any atom is -0.226 e. The van der Waals surface area contributed by atoms with E-state index in [9.17, 15) is 0 Å². The summed E-state index contributed by atoms with van der Waals surface area (Å²) in [7, 11) is 0. The van der Waals surface area contributed by atoms with E-state index >= 15 is 0 Å². The van der Waals surface area contributed by atoms with Gasteiger partial charge in [0.05, 0.1) is 0 Å². The molecule has 0 fully saturated rings. The van der Waals surface area contributed by atoms with E-state index in [2.05, 4.69) is 234 Å². The van der Waals surface area contributed by atoms with Crippen LogP contribution in [0, 0.1) is 36.4 Å². The van der Waals surface area contributed by atoms with Crippen molar-refractivity contribution < 1.29 is 98.1 Å². The molecular formula is C72H108Y3-6. The molecular weight excluding hydrogens is 1130 g/mol. The molecule has 0 aliphatic carbocycles. The van der Waals surface area contributed by atoms with E-state index in [4.69, 9.17) is 0 Å². The minimum atomic E-state index is 0. The normalized spacial score (nSPS) is 10.5. The molecule has 6 aromatic carbocycles. The minimum absolute atomic E-state index is 0. The van der Waals surface area contributed by atoms with Crippen LogP contribution in [-0.2, 0) is 131 Å². The van der Waals surface area contributed by atoms with Gasteiger partial charge in [-0.25, -0.2) is 33.4 Å². The van der Waals surface area contributed by atoms with E-state index in [0.717, 1.165) is 16.7 Å². The smallest absolute Gasteiger partial charge is 0 e. The zero-order chi connectivity index (χ0) is 56.9. The van der Waals surface area contributed by atoms with Gasteiger partial charge in [0.2, 0.25) is 0 Å². The van der Waals surface area contributed by atoms with Crippen LogP contribution in [0.4, 0.5) is 0 Å². The maximum Gasteiger partial charge on any atom is 0 e. The largest absolute Gasteiger partial charge is 0.226 e. The quantitative estimate of drug-likeness (QED) is 0.155. The van der Waals surface area contributed by atoms with Gasteiger partial charge >= 0.3 is 0 Å². The first-order valence-electron chi connectivity index (χ1n) is 27.7. The van der Waals surface area contributed by atoms with Gasteiger partial charge in [-0.05, 0) is 16.2 Å². The molecule has 0 atom stereocenters. The first-order chi connectivity index (χ1) is 33.6. The molecule has 6 rings (SSSR count). The molecule has 0 aliphatic heterocycles. The average molecular weight is 1240 g/mol. The van der Waals surface area contributed by atoms with Gasteiger partial charge in [0.15, 0.2) is 0 Å². The Morgan fingerprint density at radius 3 is 0.693 bits per heavy atom. The van der Waals surface area contributed by atoms with Gasteiger partial charge in [-0.1, -0.05) is 224 Å². The second kappa shape index (κ2) is 41.6. The Hall–Kier alpha value is -1.37. The molecule has 0 spiro atoms. The Bertz CT molecular complexity index is 2210. The number of benzene rings is 6. The van der Waals surface area contributed by atoms with Gasteiger partial charge in [-0.2, -0.15) is 126 Å². The molecule has 3 heteroatoms. The van der Waals surface area contributed by atoms with Gasteiger partial charge in [0.25, 0.3) is 0 Å². The second-order valence-electron chi connectivity index (χ2n) is 22.3. The molecule has 0 heterocycles. The molecule has 0 amide bonds. The van der Waals surface area contributed by atoms with Crippen LogP contribution >= 0.6 is 0 Å². The van der Waals surface area contributed by atoms with Gasteiger partial charge < -0.3 is 0 Å². The SMILES string of the molecule is CC.CC.CC.CC.CC.CC.CC(C)(C)c1cc[c-]c(-c2[c-]ccc(C(C)(C)C)c2)c1.CC(C)(C)c1cc[c-]c(-c2[c-]cccc2C(C)(C)C)c1.CC(C)(C)c1ccc[c-]c1-c1[c-]cccc1C(C)(C)C.[Y].[Y].[Y]. The van der Waals surface area contributed by atoms with Gasteiger partial charge in [0, 0.05) is 98.1 Å². The maximum absolute atomic E-state index is 3.44. The Balaban J connectivity index is -0.000000212. The van der Waals surface area contributed by atoms with E-state index in [1.807, 2.05) is 119 Å². The first kappa shape index (κ1) is 84.9. The van der Waals surface area contributed by atoms with Crippen LogP contribution in [0.1, 0.15) is 241 Å². The fourth-order valence-electron chi connectivity index (χ4n) is 7.08. The summed E-state index contributed by atoms with van der Waals surface area (Å²) in [5.41, 5.74) is 15.7. The second-order valence-corrected chi connectivity index (χ2v) is 22.3. The Morgan fingerprint density at radius 1 is 0.240 bits per heavy atom. The molecule has 0 saturated heterocycles. The molecule has 3 radical (unpaired) electrons. The number of rotatable bonds is 3. The van der Waals surface area contributed by atoms with Crippen molar-refractivity contribution in [3.05, 3.63) is 179 Å². The standard InChI is InChI=1S/3C20H24.6C2H6.3Y/c1-19(2,3)17-11-7-9-15(13-17)16-10-8-12-18(14-16)20(4,5)6;1-19(2,3)17-13-9-7-11-15(17)16-12-8-10-14-18(16)20(4,5)6;1-19(2,3)16-11-9-10-15(14-16)17-12-7-8-13-18(17)20(4,5)6;6*1-2;;;/h7-8,11-14H,1-6H3;7-10,13-14H,1-6H3;7-9,11,13-14H,1-6H3;6*1-2H3;;;/q3*-2;;;;;;;;;. The van der Waals surface area contributed by atoms with E-state index in [1.54, 1.807) is 0 Å². The predicted octanol–water partition coefficient (Wildman–Crippen LogP) is 22.8. The molecule has 0 aromatic heterocycles. The predicted molar refractivity (Wildman–Crippen MR) is 329 cm³/mol. The van der Waals surface area contributed by atoms with Crippen LogP contribution in [-0.4, -0.2) is 0 Å². The van der Waals surface area contributed by atoms with Gasteiger partial charge in [0.1, 0.15) is 0 Å². The van der Waals surface area contributed by atoms with Crippen LogP contribution in [0.25, 0.3) is 33.4 Å². The first-order valence-corrected chi connectivity index (χ1v) is 27.7. The van der Waals surface area contributed by atoms with Crippen molar-refractivity contribution in [3.63, 3.8) is 0 Å². The summed E-state index contributed by atoms with van der Waals surface area (Å²) >= 11 is 0. The van der Waals surface area contributed by atoms with E-state index in [-0.39, 0.29) is 131 Å². The third-order valence-electron chi connectivity index (χ3n) is 10.8. The Morgan fingerprint density at radius 2 is 0.453 bits per heavy atom. The summed E-state index contributed by atoms with van der Waals surface area (Å²) in [6.45, 7) is 64.4. The molecule has 0 N–H and O–H groups in total. The van der Waals surface area contributed by atoms with Crippen molar-refractivity contribution >= 4 is 0 Å². The Kier molecular flexibility index (Phi) is 47.1. The van der Waals surface area contributed by atoms with Crippen LogP contribution in [0.3, 0.4) is 0 Å². The molecule has 411 valence electrons. The van der Waals surface area contributed by atoms with Crippen molar-refractivity contribution in [2.75, 3.05) is 0 Å². The van der Waals surface area contributed by atoms with Gasteiger partial charge in [-0.3, -0.25) is 0 Å². The molecule has 75 heavy (non-hydrogen) atoms. The number of hydrogen-bond donors (Lipinski definition) is 0. The Labute approximate surface area is 544 Å². The van der Waals surface area contributed by atoms with Crippen molar-refractivity contribution in [1.82, 2.24) is 0 Å². The molecule has 0 saturated carbocycles. The maximum atomic E-state index is 3.44. The topological polar surface area (TPSA) is 0 Å². The molecule has 6 aromatic rings. The summed E-state index contributed by atoms with van der Waals surface area (Å²) < 4.78 is 0. The average Bonchev–Trinajstić information content (AvgIpc) is 3.36. The zero-order valence-corrected chi connectivity index (χ0v) is 62.6. The van der Waals surface area contributed by atoms with Crippen molar-refractivity contribution in [3.8, 4) is 33.4 Å². The summed E-state index contributed by atoms with van der Waals surface area (Å²) in [6, 6.07) is 58.4. The van der Waals surface area contributed by atoms with Gasteiger partial charge in [-0.15, -0.1) is 53.1 Å². The van der Waals surface area contributed by atoms with E-state index in [0.29, 0.717) is 0 Å². The summed E-state index contributed by atoms with van der Waals surface area (Å²) in [4.78, 5) is 0. The number of hydrogen-bond acceptors (Lipinski definition) is 0. The van der Waals surface area contributed by atoms with Crippen molar-refractivity contribution in [2.24, 2.45) is 0 Å². The third-order valence-corrected chi connectivity index (χ3v) is 10.8. The monoisotopic (exact) mass is 1240 g/mol. The summed E-state index contributed by atoms with van der Waals surface area (Å²) in [5, 5.41) is 0. The molecule has 0 unspecified atom stereocenters. The third kappa shape index (κ3) is 30.1. The van der Waals surface area contributed by atoms with Crippen LogP contribution < -0.4 is 0 Å². The van der Waals surface area contributed by atoms with E-state index < -0.39 is 0 Å². The summed E-state index contributed by atoms with van der Waals surface area (Å²) in [5.74, 6) is 0. The van der Waals surface area contributed by atoms with Crippen LogP contribution in [0.15, 0.2) is 109 Å². The molecule has 0 bridgehead atoms. The van der Waals surface area contributed by atoms with E-state index in [1.165, 1.54) is 50.1 Å². The molecule has 0 nitrogen and oxygen atoms in total.